The molecule has 2 rings (SSSR count). The molecule has 0 aliphatic carbocycles. The molecule has 88 valence electrons. The van der Waals surface area contributed by atoms with E-state index in [0.717, 1.165) is 20.8 Å². The van der Waals surface area contributed by atoms with Crippen molar-refractivity contribution in [2.45, 2.75) is 6.54 Å². The van der Waals surface area contributed by atoms with Crippen LogP contribution >= 0.6 is 15.9 Å². The predicted molar refractivity (Wildman–Crippen MR) is 75.4 cm³/mol. The zero-order chi connectivity index (χ0) is 12.3. The fourth-order valence-electron chi connectivity index (χ4n) is 1.83. The summed E-state index contributed by atoms with van der Waals surface area (Å²) in [6.07, 6.45) is 0. The van der Waals surface area contributed by atoms with Gasteiger partial charge in [0, 0.05) is 23.1 Å². The molecule has 0 aromatic heterocycles. The second-order valence-electron chi connectivity index (χ2n) is 3.91. The van der Waals surface area contributed by atoms with Crippen molar-refractivity contribution in [2.24, 2.45) is 0 Å². The second-order valence-corrected chi connectivity index (χ2v) is 5.03. The Kier molecular flexibility index (Phi) is 3.82. The van der Waals surface area contributed by atoms with Gasteiger partial charge in [-0.05, 0) is 16.8 Å². The lowest BCUT2D eigenvalue weighted by molar-refractivity contribution is 0.467. The molecule has 2 aromatic rings. The number of phenolic OH excluding ortho intramolecular Hbond substituents is 1. The van der Waals surface area contributed by atoms with Crippen molar-refractivity contribution < 1.29 is 5.11 Å². The van der Waals surface area contributed by atoms with Gasteiger partial charge >= 0.3 is 0 Å². The highest BCUT2D eigenvalue weighted by atomic mass is 79.9. The first-order chi connectivity index (χ1) is 8.18. The second kappa shape index (κ2) is 5.34. The lowest BCUT2D eigenvalue weighted by Gasteiger charge is -2.10. The van der Waals surface area contributed by atoms with Gasteiger partial charge in [-0.15, -0.1) is 0 Å². The van der Waals surface area contributed by atoms with E-state index in [1.807, 2.05) is 30.3 Å². The van der Waals surface area contributed by atoms with Gasteiger partial charge in [0.05, 0.1) is 0 Å². The molecule has 2 aromatic carbocycles. The van der Waals surface area contributed by atoms with E-state index in [1.165, 1.54) is 0 Å². The van der Waals surface area contributed by atoms with Crippen LogP contribution in [0.2, 0.25) is 0 Å². The average Bonchev–Trinajstić information content (AvgIpc) is 2.32. The Labute approximate surface area is 109 Å². The van der Waals surface area contributed by atoms with Crippen molar-refractivity contribution in [3.05, 3.63) is 53.0 Å². The lowest BCUT2D eigenvalue weighted by Crippen LogP contribution is -2.14. The Hall–Kier alpha value is -1.32. The summed E-state index contributed by atoms with van der Waals surface area (Å²) in [5.74, 6) is 0.330. The van der Waals surface area contributed by atoms with Crippen molar-refractivity contribution in [1.82, 2.24) is 5.32 Å². The quantitative estimate of drug-likeness (QED) is 0.903. The van der Waals surface area contributed by atoms with Crippen LogP contribution in [0.3, 0.4) is 0 Å². The molecule has 0 atom stereocenters. The Balaban J connectivity index is 2.31. The molecular weight excluding hydrogens is 278 g/mol. The molecule has 0 saturated carbocycles. The van der Waals surface area contributed by atoms with Gasteiger partial charge in [-0.2, -0.15) is 0 Å². The number of rotatable bonds is 4. The summed E-state index contributed by atoms with van der Waals surface area (Å²) >= 11 is 3.30. The molecule has 2 nitrogen and oxygen atoms in total. The fraction of sp³-hybridized carbons (Fsp3) is 0.143. The normalized spacial score (nSPS) is 10.6. The molecule has 0 unspecified atom stereocenters. The van der Waals surface area contributed by atoms with Crippen LogP contribution in [0.5, 0.6) is 5.75 Å². The van der Waals surface area contributed by atoms with E-state index in [9.17, 15) is 5.11 Å². The third kappa shape index (κ3) is 2.87. The van der Waals surface area contributed by atoms with Gasteiger partial charge in [-0.25, -0.2) is 0 Å². The highest BCUT2D eigenvalue weighted by Crippen LogP contribution is 2.26. The molecule has 0 bridgehead atoms. The number of halogens is 1. The third-order valence-electron chi connectivity index (χ3n) is 2.63. The van der Waals surface area contributed by atoms with Crippen molar-refractivity contribution in [3.8, 4) is 5.75 Å². The molecule has 0 amide bonds. The van der Waals surface area contributed by atoms with Crippen LogP contribution < -0.4 is 5.32 Å². The van der Waals surface area contributed by atoms with Crippen LogP contribution in [0.4, 0.5) is 0 Å². The molecule has 0 aliphatic rings. The molecule has 17 heavy (non-hydrogen) atoms. The van der Waals surface area contributed by atoms with Crippen molar-refractivity contribution in [3.63, 3.8) is 0 Å². The smallest absolute Gasteiger partial charge is 0.120 e. The molecule has 3 heteroatoms. The predicted octanol–water partition coefficient (Wildman–Crippen LogP) is 3.54. The highest BCUT2D eigenvalue weighted by Gasteiger charge is 2.05. The fourth-order valence-corrected chi connectivity index (χ4v) is 2.03. The average molecular weight is 292 g/mol. The van der Waals surface area contributed by atoms with Crippen LogP contribution in [0.25, 0.3) is 10.8 Å². The summed E-state index contributed by atoms with van der Waals surface area (Å²) in [4.78, 5) is 0. The van der Waals surface area contributed by atoms with E-state index >= 15 is 0 Å². The van der Waals surface area contributed by atoms with E-state index in [0.29, 0.717) is 18.8 Å². The molecule has 0 aliphatic heterocycles. The number of hydrogen-bond donors (Lipinski definition) is 2. The zero-order valence-electron chi connectivity index (χ0n) is 9.41. The van der Waals surface area contributed by atoms with Crippen molar-refractivity contribution in [1.29, 1.82) is 0 Å². The molecule has 0 spiro atoms. The first-order valence-corrected chi connectivity index (χ1v) is 6.21. The Morgan fingerprint density at radius 2 is 2.00 bits per heavy atom. The first kappa shape index (κ1) is 12.1. The minimum absolute atomic E-state index is 0.330. The Morgan fingerprint density at radius 1 is 1.24 bits per heavy atom. The van der Waals surface area contributed by atoms with Gasteiger partial charge < -0.3 is 10.4 Å². The monoisotopic (exact) mass is 291 g/mol. The third-order valence-corrected chi connectivity index (χ3v) is 2.91. The molecule has 0 fully saturated rings. The summed E-state index contributed by atoms with van der Waals surface area (Å²) in [6.45, 7) is 5.07. The van der Waals surface area contributed by atoms with Crippen LogP contribution in [-0.2, 0) is 6.54 Å². The standard InChI is InChI=1S/C14H14BrNO/c1-10(15)8-16-9-13-12-5-3-2-4-11(12)6-7-14(13)17/h2-7,16-17H,1,8-9H2. The number of aromatic hydroxyl groups is 1. The van der Waals surface area contributed by atoms with Crippen LogP contribution in [0.15, 0.2) is 47.5 Å². The van der Waals surface area contributed by atoms with E-state index < -0.39 is 0 Å². The Bertz CT molecular complexity index is 551. The number of nitrogens with one attached hydrogen (secondary N) is 1. The summed E-state index contributed by atoms with van der Waals surface area (Å²) in [5, 5.41) is 15.3. The maximum atomic E-state index is 9.90. The first-order valence-electron chi connectivity index (χ1n) is 5.42. The number of phenols is 1. The van der Waals surface area contributed by atoms with E-state index in [1.54, 1.807) is 6.07 Å². The number of hydrogen-bond acceptors (Lipinski definition) is 2. The lowest BCUT2D eigenvalue weighted by atomic mass is 10.0. The van der Waals surface area contributed by atoms with Crippen LogP contribution in [-0.4, -0.2) is 11.7 Å². The van der Waals surface area contributed by atoms with E-state index in [-0.39, 0.29) is 0 Å². The highest BCUT2D eigenvalue weighted by molar-refractivity contribution is 9.11. The Morgan fingerprint density at radius 3 is 2.76 bits per heavy atom. The van der Waals surface area contributed by atoms with Crippen molar-refractivity contribution >= 4 is 26.7 Å². The number of benzene rings is 2. The largest absolute Gasteiger partial charge is 0.508 e. The van der Waals surface area contributed by atoms with E-state index in [2.05, 4.69) is 27.8 Å². The van der Waals surface area contributed by atoms with Gasteiger partial charge in [0.2, 0.25) is 0 Å². The van der Waals surface area contributed by atoms with Crippen LogP contribution in [0.1, 0.15) is 5.56 Å². The van der Waals surface area contributed by atoms with E-state index in [4.69, 9.17) is 0 Å². The molecule has 0 saturated heterocycles. The maximum Gasteiger partial charge on any atom is 0.120 e. The van der Waals surface area contributed by atoms with Crippen LogP contribution in [0, 0.1) is 0 Å². The molecular formula is C14H14BrNO. The van der Waals surface area contributed by atoms with Crippen molar-refractivity contribution in [2.75, 3.05) is 6.54 Å². The summed E-state index contributed by atoms with van der Waals surface area (Å²) in [5.41, 5.74) is 0.928. The summed E-state index contributed by atoms with van der Waals surface area (Å²) in [7, 11) is 0. The zero-order valence-corrected chi connectivity index (χ0v) is 11.0. The van der Waals surface area contributed by atoms with Gasteiger partial charge in [-0.1, -0.05) is 52.8 Å². The van der Waals surface area contributed by atoms with Gasteiger partial charge in [-0.3, -0.25) is 0 Å². The van der Waals surface area contributed by atoms with Gasteiger partial charge in [0.25, 0.3) is 0 Å². The summed E-state index contributed by atoms with van der Waals surface area (Å²) in [6, 6.07) is 11.7. The van der Waals surface area contributed by atoms with Gasteiger partial charge in [0.15, 0.2) is 0 Å². The SMILES string of the molecule is C=C(Br)CNCc1c(O)ccc2ccccc12. The number of fused-ring (bicyclic) bond motifs is 1. The minimum Gasteiger partial charge on any atom is -0.508 e. The van der Waals surface area contributed by atoms with Gasteiger partial charge in [0.1, 0.15) is 5.75 Å². The molecule has 0 heterocycles. The summed E-state index contributed by atoms with van der Waals surface area (Å²) < 4.78 is 0.900. The minimum atomic E-state index is 0.330. The molecule has 2 N–H and O–H groups in total. The molecule has 0 radical (unpaired) electrons. The maximum absolute atomic E-state index is 9.90. The topological polar surface area (TPSA) is 32.3 Å².